The number of esters is 1. The molecule has 7 nitrogen and oxygen atoms in total. The Balaban J connectivity index is 1.74. The molecule has 1 N–H and O–H groups in total. The molecule has 2 amide bonds. The second kappa shape index (κ2) is 8.67. The number of carbonyl (C=O) groups is 2. The smallest absolute Gasteiger partial charge is 0.317 e. The summed E-state index contributed by atoms with van der Waals surface area (Å²) in [6.45, 7) is 8.66. The van der Waals surface area contributed by atoms with Crippen LogP contribution in [-0.2, 0) is 14.3 Å². The van der Waals surface area contributed by atoms with Crippen molar-refractivity contribution in [3.63, 3.8) is 0 Å². The van der Waals surface area contributed by atoms with E-state index >= 15 is 0 Å². The Hall–Kier alpha value is -1.34. The van der Waals surface area contributed by atoms with Crippen LogP contribution in [0.1, 0.15) is 40.0 Å². The van der Waals surface area contributed by atoms with Crippen molar-refractivity contribution in [3.05, 3.63) is 0 Å². The van der Waals surface area contributed by atoms with Crippen LogP contribution in [0.4, 0.5) is 4.79 Å². The second-order valence-electron chi connectivity index (χ2n) is 7.12. The molecular formula is C17H31N3O4. The van der Waals surface area contributed by atoms with Crippen LogP contribution in [0.25, 0.3) is 0 Å². The van der Waals surface area contributed by atoms with Gasteiger partial charge in [-0.1, -0.05) is 0 Å². The number of amides is 2. The number of likely N-dealkylation sites (N-methyl/N-ethyl adjacent to an activating group) is 1. The molecule has 24 heavy (non-hydrogen) atoms. The van der Waals surface area contributed by atoms with Crippen LogP contribution in [0.2, 0.25) is 0 Å². The third kappa shape index (κ3) is 5.34. The molecule has 0 aliphatic carbocycles. The number of morpholine rings is 1. The molecule has 0 unspecified atom stereocenters. The van der Waals surface area contributed by atoms with Gasteiger partial charge in [-0.3, -0.25) is 9.69 Å². The maximum atomic E-state index is 12.5. The molecule has 2 saturated heterocycles. The van der Waals surface area contributed by atoms with Crippen molar-refractivity contribution in [2.75, 3.05) is 33.3 Å². The molecule has 0 aromatic carbocycles. The monoisotopic (exact) mass is 341 g/mol. The number of hydrogen-bond acceptors (Lipinski definition) is 5. The van der Waals surface area contributed by atoms with Crippen molar-refractivity contribution in [3.8, 4) is 0 Å². The van der Waals surface area contributed by atoms with Crippen LogP contribution in [-0.4, -0.2) is 79.4 Å². The molecule has 0 radical (unpaired) electrons. The lowest BCUT2D eigenvalue weighted by Crippen LogP contribution is -2.61. The Morgan fingerprint density at radius 2 is 2.04 bits per heavy atom. The first-order valence-corrected chi connectivity index (χ1v) is 8.93. The normalized spacial score (nSPS) is 26.0. The fraction of sp³-hybridized carbons (Fsp3) is 0.882. The topological polar surface area (TPSA) is 71.1 Å². The number of nitrogens with zero attached hydrogens (tertiary/aromatic N) is 2. The molecule has 2 rings (SSSR count). The minimum atomic E-state index is -0.215. The average Bonchev–Trinajstić information content (AvgIpc) is 2.52. The maximum absolute atomic E-state index is 12.5. The zero-order chi connectivity index (χ0) is 17.7. The summed E-state index contributed by atoms with van der Waals surface area (Å²) in [6.07, 6.45) is 1.91. The average molecular weight is 341 g/mol. The van der Waals surface area contributed by atoms with Crippen LogP contribution < -0.4 is 5.32 Å². The molecule has 138 valence electrons. The summed E-state index contributed by atoms with van der Waals surface area (Å²) in [7, 11) is 2.09. The van der Waals surface area contributed by atoms with Gasteiger partial charge in [0.1, 0.15) is 0 Å². The van der Waals surface area contributed by atoms with Crippen LogP contribution in [0, 0.1) is 0 Å². The number of fused-ring (bicyclic) bond motifs is 1. The Morgan fingerprint density at radius 3 is 2.75 bits per heavy atom. The van der Waals surface area contributed by atoms with Gasteiger partial charge in [0, 0.05) is 32.1 Å². The van der Waals surface area contributed by atoms with E-state index < -0.39 is 0 Å². The van der Waals surface area contributed by atoms with Gasteiger partial charge >= 0.3 is 12.0 Å². The van der Waals surface area contributed by atoms with Crippen LogP contribution in [0.15, 0.2) is 0 Å². The van der Waals surface area contributed by atoms with E-state index in [0.29, 0.717) is 25.9 Å². The first-order valence-electron chi connectivity index (χ1n) is 8.93. The molecule has 0 aromatic rings. The van der Waals surface area contributed by atoms with E-state index in [2.05, 4.69) is 17.3 Å². The number of hydrogen-bond donors (Lipinski definition) is 1. The van der Waals surface area contributed by atoms with Gasteiger partial charge in [0.15, 0.2) is 0 Å². The fourth-order valence-electron chi connectivity index (χ4n) is 3.26. The van der Waals surface area contributed by atoms with Crippen LogP contribution >= 0.6 is 0 Å². The number of urea groups is 1. The number of likely N-dealkylation sites (tertiary alicyclic amines) is 1. The molecule has 0 spiro atoms. The van der Waals surface area contributed by atoms with E-state index in [1.807, 2.05) is 25.7 Å². The van der Waals surface area contributed by atoms with Crippen LogP contribution in [0.5, 0.6) is 0 Å². The molecular weight excluding hydrogens is 310 g/mol. The van der Waals surface area contributed by atoms with E-state index in [4.69, 9.17) is 9.47 Å². The zero-order valence-corrected chi connectivity index (χ0v) is 15.3. The third-order valence-corrected chi connectivity index (χ3v) is 4.67. The molecule has 3 atom stereocenters. The first kappa shape index (κ1) is 19.0. The van der Waals surface area contributed by atoms with Gasteiger partial charge < -0.3 is 19.7 Å². The zero-order valence-electron chi connectivity index (χ0n) is 15.3. The molecule has 0 saturated carbocycles. The van der Waals surface area contributed by atoms with Crippen molar-refractivity contribution in [1.29, 1.82) is 0 Å². The summed E-state index contributed by atoms with van der Waals surface area (Å²) in [5.41, 5.74) is 0. The van der Waals surface area contributed by atoms with Crippen molar-refractivity contribution in [2.45, 2.75) is 64.3 Å². The molecule has 2 aliphatic heterocycles. The van der Waals surface area contributed by atoms with Gasteiger partial charge in [-0.25, -0.2) is 4.79 Å². The van der Waals surface area contributed by atoms with Crippen molar-refractivity contribution < 1.29 is 19.1 Å². The van der Waals surface area contributed by atoms with Crippen molar-refractivity contribution in [2.24, 2.45) is 0 Å². The lowest BCUT2D eigenvalue weighted by atomic mass is 9.99. The Labute approximate surface area is 144 Å². The minimum absolute atomic E-state index is 0.0582. The Kier molecular flexibility index (Phi) is 6.86. The summed E-state index contributed by atoms with van der Waals surface area (Å²) < 4.78 is 10.9. The highest BCUT2D eigenvalue weighted by Gasteiger charge is 2.37. The number of piperidine rings is 1. The summed E-state index contributed by atoms with van der Waals surface area (Å²) in [5.74, 6) is -0.215. The van der Waals surface area contributed by atoms with E-state index in [9.17, 15) is 9.59 Å². The second-order valence-corrected chi connectivity index (χ2v) is 7.12. The highest BCUT2D eigenvalue weighted by atomic mass is 16.5. The molecule has 7 heteroatoms. The molecule has 0 aromatic heterocycles. The van der Waals surface area contributed by atoms with E-state index in [1.165, 1.54) is 0 Å². The number of rotatable bonds is 5. The van der Waals surface area contributed by atoms with Gasteiger partial charge in [-0.15, -0.1) is 0 Å². The summed E-state index contributed by atoms with van der Waals surface area (Å²) in [5, 5.41) is 2.99. The van der Waals surface area contributed by atoms with Crippen LogP contribution in [0.3, 0.4) is 0 Å². The number of carbonyl (C=O) groups excluding carboxylic acids is 2. The maximum Gasteiger partial charge on any atom is 0.317 e. The summed E-state index contributed by atoms with van der Waals surface area (Å²) in [4.78, 5) is 28.2. The fourth-order valence-corrected chi connectivity index (χ4v) is 3.26. The third-order valence-electron chi connectivity index (χ3n) is 4.67. The number of nitrogens with one attached hydrogen (secondary N) is 1. The molecule has 0 bridgehead atoms. The largest absolute Gasteiger partial charge is 0.463 e. The Bertz CT molecular complexity index is 444. The van der Waals surface area contributed by atoms with E-state index in [-0.39, 0.29) is 36.3 Å². The molecule has 2 aliphatic rings. The number of ether oxygens (including phenoxy) is 2. The summed E-state index contributed by atoms with van der Waals surface area (Å²) >= 11 is 0. The first-order chi connectivity index (χ1) is 11.4. The lowest BCUT2D eigenvalue weighted by molar-refractivity contribution is -0.147. The SMILES string of the molecule is CC(C)OC(=O)CC[C@@H](C)NC(=O)N1CC[C@H]2OCCN(C)[C@@H]2C1. The van der Waals surface area contributed by atoms with Gasteiger partial charge in [-0.05, 0) is 40.7 Å². The molecule has 2 fully saturated rings. The minimum Gasteiger partial charge on any atom is -0.463 e. The van der Waals surface area contributed by atoms with Crippen molar-refractivity contribution in [1.82, 2.24) is 15.1 Å². The van der Waals surface area contributed by atoms with Gasteiger partial charge in [-0.2, -0.15) is 0 Å². The lowest BCUT2D eigenvalue weighted by Gasteiger charge is -2.45. The van der Waals surface area contributed by atoms with Gasteiger partial charge in [0.25, 0.3) is 0 Å². The predicted octanol–water partition coefficient (Wildman–Crippen LogP) is 1.22. The highest BCUT2D eigenvalue weighted by Crippen LogP contribution is 2.22. The Morgan fingerprint density at radius 1 is 1.29 bits per heavy atom. The molecule has 2 heterocycles. The standard InChI is InChI=1S/C17H31N3O4/c1-12(2)24-16(21)6-5-13(3)18-17(22)20-8-7-15-14(11-20)19(4)9-10-23-15/h12-15H,5-11H2,1-4H3,(H,18,22)/t13-,14-,15-/m1/s1. The van der Waals surface area contributed by atoms with Gasteiger partial charge in [0.05, 0.1) is 24.9 Å². The predicted molar refractivity (Wildman–Crippen MR) is 90.8 cm³/mol. The van der Waals surface area contributed by atoms with E-state index in [1.54, 1.807) is 0 Å². The highest BCUT2D eigenvalue weighted by molar-refractivity contribution is 5.75. The van der Waals surface area contributed by atoms with Crippen molar-refractivity contribution >= 4 is 12.0 Å². The van der Waals surface area contributed by atoms with E-state index in [0.717, 1.165) is 19.6 Å². The van der Waals surface area contributed by atoms with Gasteiger partial charge in [0.2, 0.25) is 0 Å². The quantitative estimate of drug-likeness (QED) is 0.762. The summed E-state index contributed by atoms with van der Waals surface area (Å²) in [6, 6.07) is 0.155.